The molecule has 0 aliphatic carbocycles. The van der Waals surface area contributed by atoms with Gasteiger partial charge in [-0.15, -0.1) is 0 Å². The zero-order chi connectivity index (χ0) is 14.4. The Kier molecular flexibility index (Phi) is 3.09. The summed E-state index contributed by atoms with van der Waals surface area (Å²) in [6.07, 6.45) is -0.998. The predicted molar refractivity (Wildman–Crippen MR) is 70.9 cm³/mol. The summed E-state index contributed by atoms with van der Waals surface area (Å²) in [6, 6.07) is 0. The molecule has 0 radical (unpaired) electrons. The third-order valence-electron chi connectivity index (χ3n) is 3.20. The van der Waals surface area contributed by atoms with Gasteiger partial charge in [-0.3, -0.25) is 4.57 Å². The molecule has 9 heteroatoms. The van der Waals surface area contributed by atoms with Crippen LogP contribution in [-0.4, -0.2) is 48.5 Å². The van der Waals surface area contributed by atoms with Crippen LogP contribution in [0.3, 0.4) is 0 Å². The van der Waals surface area contributed by atoms with E-state index in [1.54, 1.807) is 0 Å². The average molecular weight is 298 g/mol. The summed E-state index contributed by atoms with van der Waals surface area (Å²) >= 11 is 5.94. The van der Waals surface area contributed by atoms with Gasteiger partial charge in [0.25, 0.3) is 0 Å². The topological polar surface area (TPSA) is 119 Å². The Labute approximate surface area is 118 Å². The van der Waals surface area contributed by atoms with E-state index >= 15 is 0 Å². The molecule has 20 heavy (non-hydrogen) atoms. The Balaban J connectivity index is 2.09. The van der Waals surface area contributed by atoms with Gasteiger partial charge in [0.05, 0.1) is 12.9 Å². The molecule has 8 nitrogen and oxygen atoms in total. The highest BCUT2D eigenvalue weighted by Gasteiger charge is 2.39. The number of ether oxygens (including phenoxy) is 1. The van der Waals surface area contributed by atoms with Crippen molar-refractivity contribution in [1.29, 1.82) is 0 Å². The van der Waals surface area contributed by atoms with Crippen LogP contribution in [0.2, 0.25) is 5.15 Å². The smallest absolute Gasteiger partial charge is 0.223 e. The summed E-state index contributed by atoms with van der Waals surface area (Å²) in [7, 11) is 0. The van der Waals surface area contributed by atoms with Gasteiger partial charge in [-0.1, -0.05) is 18.2 Å². The van der Waals surface area contributed by atoms with Gasteiger partial charge in [-0.05, 0) is 5.57 Å². The molecule has 0 unspecified atom stereocenters. The van der Waals surface area contributed by atoms with Crippen molar-refractivity contribution >= 4 is 28.7 Å². The first-order valence-corrected chi connectivity index (χ1v) is 6.19. The molecule has 2 aromatic heterocycles. The minimum absolute atomic E-state index is 0.00530. The Hall–Kier alpha value is -1.74. The maximum absolute atomic E-state index is 10.1. The Morgan fingerprint density at radius 3 is 2.90 bits per heavy atom. The number of anilines is 1. The van der Waals surface area contributed by atoms with Crippen molar-refractivity contribution < 1.29 is 14.9 Å². The number of hydrogen-bond donors (Lipinski definition) is 3. The van der Waals surface area contributed by atoms with Crippen LogP contribution in [0.5, 0.6) is 0 Å². The van der Waals surface area contributed by atoms with E-state index in [1.165, 1.54) is 10.9 Å². The number of aliphatic hydroxyl groups is 2. The molecule has 0 amide bonds. The van der Waals surface area contributed by atoms with Crippen LogP contribution in [0.4, 0.5) is 5.95 Å². The quantitative estimate of drug-likeness (QED) is 0.521. The molecule has 0 saturated carbocycles. The lowest BCUT2D eigenvalue weighted by Crippen LogP contribution is -2.20. The van der Waals surface area contributed by atoms with E-state index in [2.05, 4.69) is 21.5 Å². The lowest BCUT2D eigenvalue weighted by Gasteiger charge is -2.16. The molecule has 0 aromatic carbocycles. The third kappa shape index (κ3) is 1.85. The summed E-state index contributed by atoms with van der Waals surface area (Å²) in [5, 5.41) is 19.4. The van der Waals surface area contributed by atoms with Gasteiger partial charge >= 0.3 is 0 Å². The minimum Gasteiger partial charge on any atom is -0.393 e. The molecule has 3 atom stereocenters. The molecule has 0 spiro atoms. The number of nitrogens with zero attached hydrogens (tertiary/aromatic N) is 4. The van der Waals surface area contributed by atoms with E-state index in [4.69, 9.17) is 22.1 Å². The van der Waals surface area contributed by atoms with E-state index in [0.717, 1.165) is 0 Å². The zero-order valence-electron chi connectivity index (χ0n) is 10.3. The molecular formula is C11H12ClN5O3. The minimum atomic E-state index is -0.987. The number of halogens is 1. The Morgan fingerprint density at radius 1 is 1.50 bits per heavy atom. The van der Waals surface area contributed by atoms with Crippen molar-refractivity contribution in [3.8, 4) is 0 Å². The predicted octanol–water partition coefficient (Wildman–Crippen LogP) is -0.131. The second-order valence-corrected chi connectivity index (χ2v) is 4.77. The van der Waals surface area contributed by atoms with Gasteiger partial charge < -0.3 is 20.7 Å². The molecule has 3 rings (SSSR count). The second kappa shape index (κ2) is 4.67. The fourth-order valence-corrected chi connectivity index (χ4v) is 2.39. The summed E-state index contributed by atoms with van der Waals surface area (Å²) in [6.45, 7) is 3.44. The Bertz CT molecular complexity index is 688. The molecular weight excluding hydrogens is 286 g/mol. The van der Waals surface area contributed by atoms with Crippen LogP contribution in [0.1, 0.15) is 6.23 Å². The third-order valence-corrected chi connectivity index (χ3v) is 3.47. The lowest BCUT2D eigenvalue weighted by atomic mass is 10.1. The van der Waals surface area contributed by atoms with Crippen molar-refractivity contribution in [2.24, 2.45) is 0 Å². The van der Waals surface area contributed by atoms with Crippen molar-refractivity contribution in [2.45, 2.75) is 18.4 Å². The molecule has 1 saturated heterocycles. The van der Waals surface area contributed by atoms with Crippen molar-refractivity contribution in [2.75, 3.05) is 12.3 Å². The van der Waals surface area contributed by atoms with Crippen molar-refractivity contribution in [3.63, 3.8) is 0 Å². The number of aliphatic hydroxyl groups excluding tert-OH is 2. The summed E-state index contributed by atoms with van der Waals surface area (Å²) in [4.78, 5) is 11.9. The number of aromatic nitrogens is 4. The summed E-state index contributed by atoms with van der Waals surface area (Å²) in [5.41, 5.74) is 6.66. The summed E-state index contributed by atoms with van der Waals surface area (Å²) in [5.74, 6) is -0.00530. The van der Waals surface area contributed by atoms with Crippen molar-refractivity contribution in [1.82, 2.24) is 19.5 Å². The molecule has 2 aromatic rings. The van der Waals surface area contributed by atoms with E-state index in [9.17, 15) is 10.2 Å². The van der Waals surface area contributed by atoms with E-state index in [1.807, 2.05) is 0 Å². The van der Waals surface area contributed by atoms with E-state index in [-0.39, 0.29) is 17.7 Å². The molecule has 0 bridgehead atoms. The highest BCUT2D eigenvalue weighted by molar-refractivity contribution is 6.33. The van der Waals surface area contributed by atoms with E-state index in [0.29, 0.717) is 16.7 Å². The monoisotopic (exact) mass is 297 g/mol. The number of fused-ring (bicyclic) bond motifs is 1. The van der Waals surface area contributed by atoms with E-state index < -0.39 is 18.4 Å². The first kappa shape index (κ1) is 13.3. The fraction of sp³-hybridized carbons (Fsp3) is 0.364. The molecule has 1 aliphatic rings. The molecule has 3 heterocycles. The lowest BCUT2D eigenvalue weighted by molar-refractivity contribution is -0.0483. The van der Waals surface area contributed by atoms with Gasteiger partial charge in [-0.2, -0.15) is 9.97 Å². The number of hydrogen-bond acceptors (Lipinski definition) is 7. The highest BCUT2D eigenvalue weighted by atomic mass is 35.5. The number of rotatable bonds is 2. The first-order chi connectivity index (χ1) is 9.52. The standard InChI is InChI=1S/C11H12ClN5O3/c1-4-5(2-18)20-10(7(4)19)17-3-14-6-8(12)15-11(13)16-9(6)17/h3,5,7,10,18-19H,1-2H2,(H2,13,15,16)/t5-,7-,10-/m1/s1. The first-order valence-electron chi connectivity index (χ1n) is 5.81. The maximum Gasteiger partial charge on any atom is 0.223 e. The van der Waals surface area contributed by atoms with Crippen LogP contribution >= 0.6 is 11.6 Å². The zero-order valence-corrected chi connectivity index (χ0v) is 11.0. The molecule has 4 N–H and O–H groups in total. The van der Waals surface area contributed by atoms with Crippen LogP contribution in [0.15, 0.2) is 18.5 Å². The average Bonchev–Trinajstić information content (AvgIpc) is 2.93. The highest BCUT2D eigenvalue weighted by Crippen LogP contribution is 2.34. The fourth-order valence-electron chi connectivity index (χ4n) is 2.17. The Morgan fingerprint density at radius 2 is 2.25 bits per heavy atom. The summed E-state index contributed by atoms with van der Waals surface area (Å²) < 4.78 is 7.04. The van der Waals surface area contributed by atoms with Gasteiger partial charge in [0.15, 0.2) is 17.0 Å². The number of imidazole rings is 1. The van der Waals surface area contributed by atoms with Gasteiger partial charge in [0.2, 0.25) is 5.95 Å². The number of nitrogen functional groups attached to an aromatic ring is 1. The van der Waals surface area contributed by atoms with Crippen LogP contribution in [-0.2, 0) is 4.74 Å². The largest absolute Gasteiger partial charge is 0.393 e. The van der Waals surface area contributed by atoms with Gasteiger partial charge in [0, 0.05) is 0 Å². The SMILES string of the molecule is C=C1[C@@H](O)[C@H](n2cnc3c(Cl)nc(N)nc32)O[C@@H]1CO. The normalized spacial score (nSPS) is 26.6. The molecule has 1 fully saturated rings. The van der Waals surface area contributed by atoms with Crippen LogP contribution in [0.25, 0.3) is 11.2 Å². The van der Waals surface area contributed by atoms with Crippen LogP contribution in [0, 0.1) is 0 Å². The van der Waals surface area contributed by atoms with Crippen molar-refractivity contribution in [3.05, 3.63) is 23.6 Å². The maximum atomic E-state index is 10.1. The van der Waals surface area contributed by atoms with Gasteiger partial charge in [0.1, 0.15) is 17.7 Å². The second-order valence-electron chi connectivity index (χ2n) is 4.41. The molecule has 1 aliphatic heterocycles. The van der Waals surface area contributed by atoms with Crippen LogP contribution < -0.4 is 5.73 Å². The number of nitrogens with two attached hydrogens (primary N) is 1. The molecule has 106 valence electrons. The van der Waals surface area contributed by atoms with Gasteiger partial charge in [-0.25, -0.2) is 4.98 Å².